The molecule has 24 heavy (non-hydrogen) atoms. The molecule has 0 aliphatic carbocycles. The maximum Gasteiger partial charge on any atom is 0.248 e. The monoisotopic (exact) mass is 362 g/mol. The van der Waals surface area contributed by atoms with Gasteiger partial charge in [-0.3, -0.25) is 19.3 Å². The lowest BCUT2D eigenvalue weighted by atomic mass is 9.74. The molecule has 0 spiro atoms. The number of aryl methyl sites for hydroxylation is 1. The molecule has 2 aromatic rings. The summed E-state index contributed by atoms with van der Waals surface area (Å²) < 4.78 is 0. The van der Waals surface area contributed by atoms with E-state index in [1.165, 1.54) is 18.3 Å². The van der Waals surface area contributed by atoms with Crippen LogP contribution in [0.15, 0.2) is 29.1 Å². The summed E-state index contributed by atoms with van der Waals surface area (Å²) in [5.41, 5.74) is 2.03. The van der Waals surface area contributed by atoms with Crippen LogP contribution in [0.3, 0.4) is 0 Å². The van der Waals surface area contributed by atoms with Crippen molar-refractivity contribution in [1.82, 2.24) is 9.88 Å². The van der Waals surface area contributed by atoms with Gasteiger partial charge in [-0.2, -0.15) is 0 Å². The zero-order valence-electron chi connectivity index (χ0n) is 13.2. The average molecular weight is 363 g/mol. The number of imide groups is 1. The molecule has 0 bridgehead atoms. The normalized spacial score (nSPS) is 20.7. The summed E-state index contributed by atoms with van der Waals surface area (Å²) in [6, 6.07) is 5.06. The van der Waals surface area contributed by atoms with Crippen LogP contribution in [-0.2, 0) is 26.3 Å². The number of aromatic nitrogens is 1. The second kappa shape index (κ2) is 6.11. The molecule has 7 heteroatoms. The first-order valence-electron chi connectivity index (χ1n) is 7.36. The number of nitrogens with zero attached hydrogens (tertiary/aromatic N) is 2. The Labute approximate surface area is 148 Å². The van der Waals surface area contributed by atoms with Crippen molar-refractivity contribution in [3.05, 3.63) is 50.9 Å². The molecule has 1 atom stereocenters. The third-order valence-corrected chi connectivity index (χ3v) is 5.26. The number of amides is 2. The van der Waals surface area contributed by atoms with Crippen molar-refractivity contribution >= 4 is 40.5 Å². The molecule has 2 heterocycles. The van der Waals surface area contributed by atoms with Crippen LogP contribution in [0.25, 0.3) is 0 Å². The van der Waals surface area contributed by atoms with Crippen molar-refractivity contribution in [2.75, 3.05) is 0 Å². The Morgan fingerprint density at radius 1 is 1.42 bits per heavy atom. The van der Waals surface area contributed by atoms with E-state index >= 15 is 0 Å². The van der Waals surface area contributed by atoms with Crippen LogP contribution in [0.4, 0.5) is 0 Å². The molecule has 124 valence electrons. The van der Waals surface area contributed by atoms with Crippen LogP contribution >= 0.6 is 22.9 Å². The van der Waals surface area contributed by atoms with E-state index in [4.69, 9.17) is 11.6 Å². The number of carbonyl (C=O) groups excluding carboxylic acids is 3. The van der Waals surface area contributed by atoms with Gasteiger partial charge in [-0.1, -0.05) is 17.7 Å². The minimum Gasteiger partial charge on any atom is -0.298 e. The van der Waals surface area contributed by atoms with Gasteiger partial charge >= 0.3 is 0 Å². The first-order chi connectivity index (χ1) is 11.4. The molecule has 3 rings (SSSR count). The summed E-state index contributed by atoms with van der Waals surface area (Å²) in [5, 5.41) is 2.20. The standard InChI is InChI=1S/C17H15ClN2O3S/c1-10-3-4-12(18)5-14(10)17(11(2)21)6-15(22)20(16(17)23)7-13-8-24-9-19-13/h3-5,8-9H,6-7H2,1-2H3. The van der Waals surface area contributed by atoms with Gasteiger partial charge in [-0.05, 0) is 37.1 Å². The summed E-state index contributed by atoms with van der Waals surface area (Å²) in [6.07, 6.45) is -0.174. The minimum atomic E-state index is -1.50. The SMILES string of the molecule is CC(=O)C1(c2cc(Cl)ccc2C)CC(=O)N(Cc2cscn2)C1=O. The molecule has 0 saturated carbocycles. The largest absolute Gasteiger partial charge is 0.298 e. The number of benzene rings is 1. The zero-order valence-corrected chi connectivity index (χ0v) is 14.8. The fourth-order valence-corrected chi connectivity index (χ4v) is 3.83. The highest BCUT2D eigenvalue weighted by Crippen LogP contribution is 2.40. The maximum atomic E-state index is 13.1. The summed E-state index contributed by atoms with van der Waals surface area (Å²) >= 11 is 7.46. The molecule has 1 saturated heterocycles. The second-order valence-corrected chi connectivity index (χ2v) is 7.02. The number of rotatable bonds is 4. The molecule has 1 aliphatic rings. The van der Waals surface area contributed by atoms with Crippen molar-refractivity contribution in [3.63, 3.8) is 0 Å². The maximum absolute atomic E-state index is 13.1. The Balaban J connectivity index is 2.08. The van der Waals surface area contributed by atoms with E-state index in [0.29, 0.717) is 16.3 Å². The molecule has 1 aromatic heterocycles. The van der Waals surface area contributed by atoms with Crippen molar-refractivity contribution in [3.8, 4) is 0 Å². The van der Waals surface area contributed by atoms with Crippen molar-refractivity contribution < 1.29 is 14.4 Å². The van der Waals surface area contributed by atoms with Gasteiger partial charge in [0.2, 0.25) is 11.8 Å². The van der Waals surface area contributed by atoms with Gasteiger partial charge < -0.3 is 0 Å². The lowest BCUT2D eigenvalue weighted by Crippen LogP contribution is -2.43. The summed E-state index contributed by atoms with van der Waals surface area (Å²) in [6.45, 7) is 3.23. The number of thiazole rings is 1. The first-order valence-corrected chi connectivity index (χ1v) is 8.68. The molecule has 0 radical (unpaired) electrons. The van der Waals surface area contributed by atoms with Crippen molar-refractivity contribution in [2.45, 2.75) is 32.2 Å². The van der Waals surface area contributed by atoms with E-state index in [0.717, 1.165) is 10.5 Å². The van der Waals surface area contributed by atoms with Gasteiger partial charge in [0.05, 0.1) is 24.2 Å². The lowest BCUT2D eigenvalue weighted by molar-refractivity contribution is -0.142. The fourth-order valence-electron chi connectivity index (χ4n) is 3.11. The molecular formula is C17H15ClN2O3S. The molecule has 5 nitrogen and oxygen atoms in total. The third-order valence-electron chi connectivity index (χ3n) is 4.39. The molecule has 1 unspecified atom stereocenters. The minimum absolute atomic E-state index is 0.0792. The number of ketones is 1. The number of halogens is 1. The van der Waals surface area contributed by atoms with Gasteiger partial charge in [0.1, 0.15) is 11.2 Å². The molecule has 1 aromatic carbocycles. The van der Waals surface area contributed by atoms with E-state index in [-0.39, 0.29) is 24.7 Å². The van der Waals surface area contributed by atoms with E-state index in [1.807, 2.05) is 0 Å². The third kappa shape index (κ3) is 2.56. The van der Waals surface area contributed by atoms with E-state index in [2.05, 4.69) is 4.98 Å². The van der Waals surface area contributed by atoms with Crippen molar-refractivity contribution in [2.24, 2.45) is 0 Å². The van der Waals surface area contributed by atoms with E-state index in [1.54, 1.807) is 36.0 Å². The van der Waals surface area contributed by atoms with Crippen LogP contribution in [0.2, 0.25) is 5.02 Å². The van der Waals surface area contributed by atoms with Crippen LogP contribution < -0.4 is 0 Å². The molecule has 1 aliphatic heterocycles. The smallest absolute Gasteiger partial charge is 0.248 e. The van der Waals surface area contributed by atoms with Crippen LogP contribution in [0.1, 0.15) is 30.2 Å². The highest BCUT2D eigenvalue weighted by Gasteiger charge is 2.56. The number of hydrogen-bond donors (Lipinski definition) is 0. The number of hydrogen-bond acceptors (Lipinski definition) is 5. The summed E-state index contributed by atoms with van der Waals surface area (Å²) in [5.74, 6) is -1.23. The van der Waals surface area contributed by atoms with Gasteiger partial charge in [0, 0.05) is 10.4 Å². The predicted molar refractivity (Wildman–Crippen MR) is 90.8 cm³/mol. The summed E-state index contributed by atoms with van der Waals surface area (Å²) in [4.78, 5) is 43.3. The van der Waals surface area contributed by atoms with Crippen LogP contribution in [0.5, 0.6) is 0 Å². The van der Waals surface area contributed by atoms with E-state index in [9.17, 15) is 14.4 Å². The zero-order chi connectivity index (χ0) is 17.5. The van der Waals surface area contributed by atoms with Crippen molar-refractivity contribution in [1.29, 1.82) is 0 Å². The Bertz CT molecular complexity index is 834. The number of carbonyl (C=O) groups is 3. The second-order valence-electron chi connectivity index (χ2n) is 5.86. The highest BCUT2D eigenvalue weighted by molar-refractivity contribution is 7.07. The summed E-state index contributed by atoms with van der Waals surface area (Å²) in [7, 11) is 0. The fraction of sp³-hybridized carbons (Fsp3) is 0.294. The Morgan fingerprint density at radius 2 is 2.17 bits per heavy atom. The average Bonchev–Trinajstić information content (AvgIpc) is 3.12. The van der Waals surface area contributed by atoms with Crippen LogP contribution in [0, 0.1) is 6.92 Å². The number of likely N-dealkylation sites (tertiary alicyclic amines) is 1. The first kappa shape index (κ1) is 16.8. The quantitative estimate of drug-likeness (QED) is 0.619. The molecular weight excluding hydrogens is 348 g/mol. The van der Waals surface area contributed by atoms with E-state index < -0.39 is 11.3 Å². The number of Topliss-reactive ketones (excluding diaryl/α,β-unsaturated/α-hetero) is 1. The van der Waals surface area contributed by atoms with Gasteiger partial charge in [0.25, 0.3) is 0 Å². The lowest BCUT2D eigenvalue weighted by Gasteiger charge is -2.26. The van der Waals surface area contributed by atoms with Crippen LogP contribution in [-0.4, -0.2) is 27.5 Å². The van der Waals surface area contributed by atoms with Gasteiger partial charge in [-0.25, -0.2) is 4.98 Å². The molecule has 1 fully saturated rings. The Hall–Kier alpha value is -2.05. The van der Waals surface area contributed by atoms with Gasteiger partial charge in [0.15, 0.2) is 0 Å². The Morgan fingerprint density at radius 3 is 2.79 bits per heavy atom. The molecule has 2 amide bonds. The van der Waals surface area contributed by atoms with Gasteiger partial charge in [-0.15, -0.1) is 11.3 Å². The topological polar surface area (TPSA) is 67.3 Å². The highest BCUT2D eigenvalue weighted by atomic mass is 35.5. The predicted octanol–water partition coefficient (Wildman–Crippen LogP) is 2.89. The molecule has 0 N–H and O–H groups in total. The Kier molecular flexibility index (Phi) is 4.27.